The first kappa shape index (κ1) is 20.8. The topological polar surface area (TPSA) is 94.0 Å². The van der Waals surface area contributed by atoms with E-state index in [0.29, 0.717) is 45.0 Å². The maximum absolute atomic E-state index is 13.4. The molecule has 3 heterocycles. The molecule has 0 aliphatic carbocycles. The van der Waals surface area contributed by atoms with Gasteiger partial charge < -0.3 is 14.4 Å². The predicted octanol–water partition coefficient (Wildman–Crippen LogP) is 0.972. The van der Waals surface area contributed by atoms with Crippen LogP contribution in [0.1, 0.15) is 13.3 Å². The average molecular weight is 435 g/mol. The standard InChI is InChI=1S/C20H26N4O5S/c1-2-23-15-18(13-21-23)30(26,27)24-14-17(29-16-6-4-3-5-7-16)12-19(24)20(25)22-8-10-28-11-9-22/h3-7,13,15,17,19H,2,8-12,14H2,1H3/t17-,19-/m0/s1. The van der Waals surface area contributed by atoms with Gasteiger partial charge in [-0.3, -0.25) is 9.48 Å². The molecule has 0 spiro atoms. The van der Waals surface area contributed by atoms with Crippen LogP contribution in [0, 0.1) is 0 Å². The van der Waals surface area contributed by atoms with Gasteiger partial charge in [0.2, 0.25) is 15.9 Å². The highest BCUT2D eigenvalue weighted by Crippen LogP contribution is 2.30. The van der Waals surface area contributed by atoms with Crippen molar-refractivity contribution in [3.05, 3.63) is 42.7 Å². The minimum absolute atomic E-state index is 0.0875. The molecule has 0 unspecified atom stereocenters. The van der Waals surface area contributed by atoms with E-state index in [2.05, 4.69) is 5.10 Å². The Morgan fingerprint density at radius 2 is 1.97 bits per heavy atom. The minimum atomic E-state index is -3.89. The first-order chi connectivity index (χ1) is 14.5. The summed E-state index contributed by atoms with van der Waals surface area (Å²) in [5, 5.41) is 4.09. The zero-order valence-electron chi connectivity index (χ0n) is 16.9. The second-order valence-electron chi connectivity index (χ2n) is 7.35. The predicted molar refractivity (Wildman–Crippen MR) is 108 cm³/mol. The number of carbonyl (C=O) groups is 1. The molecule has 0 saturated carbocycles. The van der Waals surface area contributed by atoms with E-state index >= 15 is 0 Å². The van der Waals surface area contributed by atoms with E-state index in [4.69, 9.17) is 9.47 Å². The number of hydrogen-bond acceptors (Lipinski definition) is 6. The number of carbonyl (C=O) groups excluding carboxylic acids is 1. The lowest BCUT2D eigenvalue weighted by Crippen LogP contribution is -2.50. The van der Waals surface area contributed by atoms with E-state index < -0.39 is 22.2 Å². The van der Waals surface area contributed by atoms with Gasteiger partial charge in [-0.25, -0.2) is 8.42 Å². The largest absolute Gasteiger partial charge is 0.489 e. The van der Waals surface area contributed by atoms with E-state index in [1.807, 2.05) is 37.3 Å². The van der Waals surface area contributed by atoms with E-state index in [0.717, 1.165) is 0 Å². The van der Waals surface area contributed by atoms with Gasteiger partial charge in [0.15, 0.2) is 0 Å². The Kier molecular flexibility index (Phi) is 6.07. The molecular formula is C20H26N4O5S. The smallest absolute Gasteiger partial charge is 0.247 e. The van der Waals surface area contributed by atoms with Crippen molar-refractivity contribution in [1.29, 1.82) is 0 Å². The van der Waals surface area contributed by atoms with Crippen LogP contribution >= 0.6 is 0 Å². The number of ether oxygens (including phenoxy) is 2. The highest BCUT2D eigenvalue weighted by Gasteiger charge is 2.46. The molecule has 2 aliphatic rings. The molecule has 1 aromatic carbocycles. The van der Waals surface area contributed by atoms with Crippen LogP contribution in [0.2, 0.25) is 0 Å². The van der Waals surface area contributed by atoms with Crippen LogP contribution in [0.5, 0.6) is 5.75 Å². The summed E-state index contributed by atoms with van der Waals surface area (Å²) in [4.78, 5) is 15.0. The van der Waals surface area contributed by atoms with Crippen molar-refractivity contribution in [2.24, 2.45) is 0 Å². The molecule has 1 aromatic heterocycles. The number of para-hydroxylation sites is 1. The van der Waals surface area contributed by atoms with Crippen molar-refractivity contribution < 1.29 is 22.7 Å². The quantitative estimate of drug-likeness (QED) is 0.673. The molecular weight excluding hydrogens is 408 g/mol. The summed E-state index contributed by atoms with van der Waals surface area (Å²) in [5.74, 6) is 0.446. The SMILES string of the molecule is CCn1cc(S(=O)(=O)N2C[C@@H](Oc3ccccc3)C[C@H]2C(=O)N2CCOCC2)cn1. The maximum atomic E-state index is 13.4. The summed E-state index contributed by atoms with van der Waals surface area (Å²) in [7, 11) is -3.89. The van der Waals surface area contributed by atoms with Gasteiger partial charge in [0.05, 0.1) is 26.0 Å². The van der Waals surface area contributed by atoms with Gasteiger partial charge in [0, 0.05) is 32.3 Å². The molecule has 2 atom stereocenters. The summed E-state index contributed by atoms with van der Waals surface area (Å²) in [6.07, 6.45) is 2.71. The van der Waals surface area contributed by atoms with Crippen molar-refractivity contribution in [3.8, 4) is 5.75 Å². The summed E-state index contributed by atoms with van der Waals surface area (Å²) in [6.45, 7) is 4.38. The minimum Gasteiger partial charge on any atom is -0.489 e. The number of hydrogen-bond donors (Lipinski definition) is 0. The highest BCUT2D eigenvalue weighted by molar-refractivity contribution is 7.89. The lowest BCUT2D eigenvalue weighted by molar-refractivity contribution is -0.138. The lowest BCUT2D eigenvalue weighted by Gasteiger charge is -2.31. The van der Waals surface area contributed by atoms with Crippen molar-refractivity contribution in [1.82, 2.24) is 19.0 Å². The third kappa shape index (κ3) is 4.21. The van der Waals surface area contributed by atoms with Crippen molar-refractivity contribution in [2.75, 3.05) is 32.8 Å². The molecule has 4 rings (SSSR count). The number of nitrogens with zero attached hydrogens (tertiary/aromatic N) is 4. The number of sulfonamides is 1. The summed E-state index contributed by atoms with van der Waals surface area (Å²) < 4.78 is 40.9. The number of amides is 1. The molecule has 1 amide bonds. The van der Waals surface area contributed by atoms with Crippen molar-refractivity contribution in [3.63, 3.8) is 0 Å². The third-order valence-electron chi connectivity index (χ3n) is 5.41. The maximum Gasteiger partial charge on any atom is 0.247 e. The fourth-order valence-corrected chi connectivity index (χ4v) is 5.40. The molecule has 0 N–H and O–H groups in total. The monoisotopic (exact) mass is 434 g/mol. The van der Waals surface area contributed by atoms with Crippen LogP contribution < -0.4 is 4.74 Å². The van der Waals surface area contributed by atoms with Crippen LogP contribution in [0.3, 0.4) is 0 Å². The van der Waals surface area contributed by atoms with Crippen LogP contribution in [-0.2, 0) is 26.1 Å². The summed E-state index contributed by atoms with van der Waals surface area (Å²) >= 11 is 0. The molecule has 0 bridgehead atoms. The zero-order chi connectivity index (χ0) is 21.1. The van der Waals surface area contributed by atoms with Gasteiger partial charge in [-0.15, -0.1) is 0 Å². The van der Waals surface area contributed by atoms with Gasteiger partial charge in [-0.2, -0.15) is 9.40 Å². The van der Waals surface area contributed by atoms with Gasteiger partial charge >= 0.3 is 0 Å². The number of aromatic nitrogens is 2. The average Bonchev–Trinajstić information content (AvgIpc) is 3.43. The molecule has 2 aliphatic heterocycles. The van der Waals surface area contributed by atoms with E-state index in [9.17, 15) is 13.2 Å². The number of morpholine rings is 1. The second kappa shape index (κ2) is 8.75. The van der Waals surface area contributed by atoms with E-state index in [-0.39, 0.29) is 17.3 Å². The summed E-state index contributed by atoms with van der Waals surface area (Å²) in [5.41, 5.74) is 0. The zero-order valence-corrected chi connectivity index (χ0v) is 17.7. The first-order valence-corrected chi connectivity index (χ1v) is 11.6. The van der Waals surface area contributed by atoms with E-state index in [1.54, 1.807) is 9.58 Å². The van der Waals surface area contributed by atoms with Crippen molar-refractivity contribution >= 4 is 15.9 Å². The van der Waals surface area contributed by atoms with Gasteiger partial charge in [0.1, 0.15) is 22.8 Å². The Bertz CT molecular complexity index is 972. The first-order valence-electron chi connectivity index (χ1n) is 10.1. The highest BCUT2D eigenvalue weighted by atomic mass is 32.2. The fraction of sp³-hybridized carbons (Fsp3) is 0.500. The Balaban J connectivity index is 1.60. The second-order valence-corrected chi connectivity index (χ2v) is 9.24. The van der Waals surface area contributed by atoms with Crippen LogP contribution in [-0.4, -0.2) is 78.3 Å². The lowest BCUT2D eigenvalue weighted by atomic mass is 10.1. The molecule has 162 valence electrons. The Morgan fingerprint density at radius 1 is 1.23 bits per heavy atom. The van der Waals surface area contributed by atoms with E-state index in [1.165, 1.54) is 16.7 Å². The normalized spacial score (nSPS) is 22.9. The number of benzene rings is 1. The van der Waals surface area contributed by atoms with Gasteiger partial charge in [-0.05, 0) is 19.1 Å². The number of aryl methyl sites for hydroxylation is 1. The van der Waals surface area contributed by atoms with Gasteiger partial charge in [0.25, 0.3) is 0 Å². The molecule has 2 fully saturated rings. The van der Waals surface area contributed by atoms with Crippen molar-refractivity contribution in [2.45, 2.75) is 36.9 Å². The molecule has 9 nitrogen and oxygen atoms in total. The molecule has 0 radical (unpaired) electrons. The fourth-order valence-electron chi connectivity index (χ4n) is 3.82. The molecule has 30 heavy (non-hydrogen) atoms. The molecule has 2 aromatic rings. The van der Waals surface area contributed by atoms with Crippen LogP contribution in [0.25, 0.3) is 0 Å². The van der Waals surface area contributed by atoms with Crippen LogP contribution in [0.4, 0.5) is 0 Å². The van der Waals surface area contributed by atoms with Crippen LogP contribution in [0.15, 0.2) is 47.6 Å². The summed E-state index contributed by atoms with van der Waals surface area (Å²) in [6, 6.07) is 8.42. The number of rotatable bonds is 6. The third-order valence-corrected chi connectivity index (χ3v) is 7.24. The Hall–Kier alpha value is -2.43. The Morgan fingerprint density at radius 3 is 2.63 bits per heavy atom. The molecule has 2 saturated heterocycles. The Labute approximate surface area is 176 Å². The molecule has 10 heteroatoms. The van der Waals surface area contributed by atoms with Gasteiger partial charge in [-0.1, -0.05) is 18.2 Å².